The SMILES string of the molecule is CCCCCC(Cl)OC(C)(C)C.[MgH2]. The average Bonchev–Trinajstić information content (AvgIpc) is 1.84. The molecule has 0 rings (SSSR count). The minimum atomic E-state index is -0.114. The molecule has 1 atom stereocenters. The van der Waals surface area contributed by atoms with Gasteiger partial charge in [0.15, 0.2) is 0 Å². The Morgan fingerprint density at radius 3 is 2.15 bits per heavy atom. The van der Waals surface area contributed by atoms with Gasteiger partial charge in [0.05, 0.1) is 5.60 Å². The van der Waals surface area contributed by atoms with Gasteiger partial charge in [-0.15, -0.1) is 0 Å². The van der Waals surface area contributed by atoms with Crippen LogP contribution in [0.1, 0.15) is 53.4 Å². The van der Waals surface area contributed by atoms with Crippen molar-refractivity contribution in [1.82, 2.24) is 0 Å². The van der Waals surface area contributed by atoms with Crippen molar-refractivity contribution in [2.24, 2.45) is 0 Å². The van der Waals surface area contributed by atoms with Crippen molar-refractivity contribution < 1.29 is 4.74 Å². The molecule has 0 aromatic rings. The molecule has 1 nitrogen and oxygen atoms in total. The topological polar surface area (TPSA) is 9.23 Å². The van der Waals surface area contributed by atoms with Gasteiger partial charge in [-0.1, -0.05) is 31.4 Å². The van der Waals surface area contributed by atoms with Crippen molar-refractivity contribution in [3.8, 4) is 0 Å². The van der Waals surface area contributed by atoms with E-state index in [9.17, 15) is 0 Å². The Bertz CT molecular complexity index is 112. The van der Waals surface area contributed by atoms with Gasteiger partial charge >= 0.3 is 23.1 Å². The fourth-order valence-electron chi connectivity index (χ4n) is 0.997. The van der Waals surface area contributed by atoms with Crippen LogP contribution in [0.5, 0.6) is 0 Å². The molecule has 0 bridgehead atoms. The maximum atomic E-state index is 5.98. The molecule has 0 saturated carbocycles. The van der Waals surface area contributed by atoms with Gasteiger partial charge in [-0.2, -0.15) is 0 Å². The minimum Gasteiger partial charge on any atom is -0.357 e. The standard InChI is InChI=1S/C10H21ClO.Mg.2H/c1-5-6-7-8-9(11)12-10(2,3)4;;;/h9H,5-8H2,1-4H3;;;. The highest BCUT2D eigenvalue weighted by Crippen LogP contribution is 2.18. The Hall–Kier alpha value is 1.02. The highest BCUT2D eigenvalue weighted by atomic mass is 35.5. The molecule has 0 aromatic carbocycles. The van der Waals surface area contributed by atoms with Crippen LogP contribution in [0, 0.1) is 0 Å². The van der Waals surface area contributed by atoms with Gasteiger partial charge in [-0.05, 0) is 33.6 Å². The lowest BCUT2D eigenvalue weighted by Gasteiger charge is -2.23. The first-order chi connectivity index (χ1) is 5.45. The van der Waals surface area contributed by atoms with Crippen molar-refractivity contribution in [2.45, 2.75) is 64.5 Å². The summed E-state index contributed by atoms with van der Waals surface area (Å²) in [4.78, 5) is 0. The lowest BCUT2D eigenvalue weighted by atomic mass is 10.2. The summed E-state index contributed by atoms with van der Waals surface area (Å²) in [6, 6.07) is 0. The Balaban J connectivity index is 0. The summed E-state index contributed by atoms with van der Waals surface area (Å²) in [5, 5.41) is 0. The van der Waals surface area contributed by atoms with Gasteiger partial charge in [0, 0.05) is 0 Å². The lowest BCUT2D eigenvalue weighted by molar-refractivity contribution is -0.0261. The van der Waals surface area contributed by atoms with E-state index in [4.69, 9.17) is 16.3 Å². The van der Waals surface area contributed by atoms with E-state index in [2.05, 4.69) is 6.92 Å². The predicted molar refractivity (Wildman–Crippen MR) is 63.2 cm³/mol. The molecule has 0 aliphatic heterocycles. The average molecular weight is 219 g/mol. The van der Waals surface area contributed by atoms with Crippen LogP contribution < -0.4 is 0 Å². The van der Waals surface area contributed by atoms with E-state index >= 15 is 0 Å². The summed E-state index contributed by atoms with van der Waals surface area (Å²) >= 11 is 5.98. The van der Waals surface area contributed by atoms with Crippen molar-refractivity contribution >= 4 is 34.7 Å². The van der Waals surface area contributed by atoms with Crippen LogP contribution in [0.2, 0.25) is 0 Å². The van der Waals surface area contributed by atoms with Crippen LogP contribution in [0.25, 0.3) is 0 Å². The second-order valence-electron chi connectivity index (χ2n) is 4.14. The van der Waals surface area contributed by atoms with Crippen LogP contribution in [-0.4, -0.2) is 34.2 Å². The van der Waals surface area contributed by atoms with Crippen LogP contribution in [0.3, 0.4) is 0 Å². The quantitative estimate of drug-likeness (QED) is 0.392. The molecule has 0 heterocycles. The van der Waals surface area contributed by atoms with Crippen molar-refractivity contribution in [3.05, 3.63) is 0 Å². The third-order valence-electron chi connectivity index (χ3n) is 1.52. The molecule has 0 aliphatic carbocycles. The van der Waals surface area contributed by atoms with Gasteiger partial charge in [0.1, 0.15) is 5.56 Å². The van der Waals surface area contributed by atoms with Crippen molar-refractivity contribution in [1.29, 1.82) is 0 Å². The highest BCUT2D eigenvalue weighted by Gasteiger charge is 2.15. The number of hydrogen-bond donors (Lipinski definition) is 0. The van der Waals surface area contributed by atoms with Crippen LogP contribution >= 0.6 is 11.6 Å². The first kappa shape index (κ1) is 16.4. The third-order valence-corrected chi connectivity index (χ3v) is 1.82. The van der Waals surface area contributed by atoms with Crippen molar-refractivity contribution in [3.63, 3.8) is 0 Å². The van der Waals surface area contributed by atoms with E-state index in [-0.39, 0.29) is 34.2 Å². The number of hydrogen-bond acceptors (Lipinski definition) is 1. The Morgan fingerprint density at radius 2 is 1.77 bits per heavy atom. The minimum absolute atomic E-state index is 0. The Labute approximate surface area is 104 Å². The van der Waals surface area contributed by atoms with Crippen LogP contribution in [0.15, 0.2) is 0 Å². The molecule has 78 valence electrons. The van der Waals surface area contributed by atoms with Crippen molar-refractivity contribution in [2.75, 3.05) is 0 Å². The molecule has 0 fully saturated rings. The van der Waals surface area contributed by atoms with E-state index in [0.29, 0.717) is 0 Å². The monoisotopic (exact) mass is 218 g/mol. The summed E-state index contributed by atoms with van der Waals surface area (Å²) in [5.74, 6) is 0. The zero-order chi connectivity index (χ0) is 9.61. The summed E-state index contributed by atoms with van der Waals surface area (Å²) in [5.41, 5.74) is -0.227. The third kappa shape index (κ3) is 13.0. The van der Waals surface area contributed by atoms with E-state index in [0.717, 1.165) is 6.42 Å². The maximum Gasteiger partial charge on any atom is 0.316 e. The van der Waals surface area contributed by atoms with Crippen LogP contribution in [0.4, 0.5) is 0 Å². The summed E-state index contributed by atoms with van der Waals surface area (Å²) < 4.78 is 5.55. The summed E-state index contributed by atoms with van der Waals surface area (Å²) in [6.45, 7) is 8.28. The fourth-order valence-corrected chi connectivity index (χ4v) is 1.42. The van der Waals surface area contributed by atoms with Gasteiger partial charge in [0.25, 0.3) is 0 Å². The van der Waals surface area contributed by atoms with Gasteiger partial charge < -0.3 is 4.74 Å². The first-order valence-corrected chi connectivity index (χ1v) is 5.21. The molecule has 0 saturated heterocycles. The molecule has 0 aliphatic rings. The fraction of sp³-hybridized carbons (Fsp3) is 1.00. The molecule has 0 radical (unpaired) electrons. The number of rotatable bonds is 5. The predicted octanol–water partition coefficient (Wildman–Crippen LogP) is 3.03. The number of alkyl halides is 1. The zero-order valence-corrected chi connectivity index (χ0v) is 9.45. The molecule has 3 heteroatoms. The van der Waals surface area contributed by atoms with E-state index in [1.165, 1.54) is 19.3 Å². The van der Waals surface area contributed by atoms with Gasteiger partial charge in [0.2, 0.25) is 0 Å². The second-order valence-corrected chi connectivity index (χ2v) is 4.62. The number of unbranched alkanes of at least 4 members (excludes halogenated alkanes) is 2. The molecule has 1 unspecified atom stereocenters. The lowest BCUT2D eigenvalue weighted by Crippen LogP contribution is -2.24. The van der Waals surface area contributed by atoms with E-state index in [1.807, 2.05) is 20.8 Å². The Morgan fingerprint density at radius 1 is 1.23 bits per heavy atom. The number of ether oxygens (including phenoxy) is 1. The number of halogens is 1. The molecule has 0 N–H and O–H groups in total. The smallest absolute Gasteiger partial charge is 0.316 e. The molecule has 0 amide bonds. The summed E-state index contributed by atoms with van der Waals surface area (Å²) in [6.07, 6.45) is 4.61. The second kappa shape index (κ2) is 8.33. The normalized spacial score (nSPS) is 13.6. The van der Waals surface area contributed by atoms with E-state index < -0.39 is 0 Å². The van der Waals surface area contributed by atoms with E-state index in [1.54, 1.807) is 0 Å². The molecular formula is C10H23ClMgO. The molecule has 0 aromatic heterocycles. The molecule has 0 spiro atoms. The molecule has 13 heavy (non-hydrogen) atoms. The van der Waals surface area contributed by atoms with Gasteiger partial charge in [-0.3, -0.25) is 0 Å². The highest BCUT2D eigenvalue weighted by molar-refractivity contribution is 6.19. The zero-order valence-electron chi connectivity index (χ0n) is 8.69. The van der Waals surface area contributed by atoms with Gasteiger partial charge in [-0.25, -0.2) is 0 Å². The largest absolute Gasteiger partial charge is 0.357 e. The summed E-state index contributed by atoms with van der Waals surface area (Å²) in [7, 11) is 0. The molecular weight excluding hydrogens is 196 g/mol. The maximum absolute atomic E-state index is 5.98. The Kier molecular flexibility index (Phi) is 10.5. The van der Waals surface area contributed by atoms with Crippen LogP contribution in [-0.2, 0) is 4.74 Å². The first-order valence-electron chi connectivity index (χ1n) is 4.77.